The van der Waals surface area contributed by atoms with Crippen LogP contribution in [0.2, 0.25) is 0 Å². The van der Waals surface area contributed by atoms with Gasteiger partial charge in [-0.2, -0.15) is 0 Å². The molecule has 2 aromatic heterocycles. The SMILES string of the molecule is CN1CCC(Cn2cnc(-c3ccncc3)cc2=O)CC1. The molecule has 0 aromatic carbocycles. The lowest BCUT2D eigenvalue weighted by Crippen LogP contribution is -2.33. The number of nitrogens with zero attached hydrogens (tertiary/aromatic N) is 4. The highest BCUT2D eigenvalue weighted by atomic mass is 16.1. The molecular formula is C16H20N4O. The lowest BCUT2D eigenvalue weighted by Gasteiger charge is -2.29. The van der Waals surface area contributed by atoms with Crippen molar-refractivity contribution in [3.8, 4) is 11.3 Å². The van der Waals surface area contributed by atoms with Crippen LogP contribution in [0.15, 0.2) is 41.7 Å². The first-order valence-corrected chi connectivity index (χ1v) is 7.38. The predicted molar refractivity (Wildman–Crippen MR) is 81.9 cm³/mol. The maximum atomic E-state index is 12.2. The Morgan fingerprint density at radius 3 is 2.62 bits per heavy atom. The molecule has 0 aliphatic carbocycles. The van der Waals surface area contributed by atoms with Crippen LogP contribution in [0.25, 0.3) is 11.3 Å². The van der Waals surface area contributed by atoms with Gasteiger partial charge in [0.15, 0.2) is 0 Å². The molecule has 3 rings (SSSR count). The fourth-order valence-corrected chi connectivity index (χ4v) is 2.77. The first kappa shape index (κ1) is 13.9. The lowest BCUT2D eigenvalue weighted by atomic mass is 9.97. The second-order valence-electron chi connectivity index (χ2n) is 5.75. The average molecular weight is 284 g/mol. The maximum absolute atomic E-state index is 12.2. The van der Waals surface area contributed by atoms with Gasteiger partial charge in [0, 0.05) is 30.6 Å². The van der Waals surface area contributed by atoms with Crippen LogP contribution >= 0.6 is 0 Å². The summed E-state index contributed by atoms with van der Waals surface area (Å²) < 4.78 is 1.74. The molecule has 0 radical (unpaired) electrons. The predicted octanol–water partition coefficient (Wildman–Crippen LogP) is 1.65. The second kappa shape index (κ2) is 6.18. The van der Waals surface area contributed by atoms with E-state index in [1.165, 1.54) is 0 Å². The normalized spacial score (nSPS) is 17.0. The Morgan fingerprint density at radius 2 is 1.95 bits per heavy atom. The summed E-state index contributed by atoms with van der Waals surface area (Å²) in [5.74, 6) is 0.576. The zero-order chi connectivity index (χ0) is 14.7. The lowest BCUT2D eigenvalue weighted by molar-refractivity contribution is 0.204. The Balaban J connectivity index is 1.75. The molecule has 5 heteroatoms. The molecule has 1 aliphatic rings. The van der Waals surface area contributed by atoms with E-state index in [9.17, 15) is 4.79 Å². The maximum Gasteiger partial charge on any atom is 0.253 e. The minimum absolute atomic E-state index is 0.0238. The third kappa shape index (κ3) is 3.36. The second-order valence-corrected chi connectivity index (χ2v) is 5.75. The number of rotatable bonds is 3. The number of likely N-dealkylation sites (tertiary alicyclic amines) is 1. The van der Waals surface area contributed by atoms with E-state index in [-0.39, 0.29) is 5.56 Å². The quantitative estimate of drug-likeness (QED) is 0.860. The van der Waals surface area contributed by atoms with Crippen molar-refractivity contribution >= 4 is 0 Å². The highest BCUT2D eigenvalue weighted by Crippen LogP contribution is 2.18. The van der Waals surface area contributed by atoms with Gasteiger partial charge in [0.25, 0.3) is 5.56 Å². The topological polar surface area (TPSA) is 51.0 Å². The van der Waals surface area contributed by atoms with Gasteiger partial charge in [-0.05, 0) is 51.0 Å². The van der Waals surface area contributed by atoms with Gasteiger partial charge in [0.1, 0.15) is 0 Å². The summed E-state index contributed by atoms with van der Waals surface area (Å²) in [5, 5.41) is 0. The smallest absolute Gasteiger partial charge is 0.253 e. The summed E-state index contributed by atoms with van der Waals surface area (Å²) >= 11 is 0. The van der Waals surface area contributed by atoms with Gasteiger partial charge in [-0.1, -0.05) is 0 Å². The van der Waals surface area contributed by atoms with Crippen molar-refractivity contribution in [3.05, 3.63) is 47.3 Å². The summed E-state index contributed by atoms with van der Waals surface area (Å²) in [5.41, 5.74) is 1.66. The van der Waals surface area contributed by atoms with Crippen LogP contribution in [0.3, 0.4) is 0 Å². The van der Waals surface area contributed by atoms with Crippen LogP contribution in [0.4, 0.5) is 0 Å². The minimum atomic E-state index is 0.0238. The van der Waals surface area contributed by atoms with Crippen LogP contribution in [0.5, 0.6) is 0 Å². The van der Waals surface area contributed by atoms with Gasteiger partial charge in [-0.3, -0.25) is 14.3 Å². The first-order valence-electron chi connectivity index (χ1n) is 7.38. The van der Waals surface area contributed by atoms with Crippen molar-refractivity contribution in [3.63, 3.8) is 0 Å². The van der Waals surface area contributed by atoms with Gasteiger partial charge in [-0.15, -0.1) is 0 Å². The Hall–Kier alpha value is -2.01. The molecule has 0 atom stereocenters. The summed E-state index contributed by atoms with van der Waals surface area (Å²) in [6, 6.07) is 5.34. The van der Waals surface area contributed by atoms with Crippen LogP contribution in [-0.4, -0.2) is 39.6 Å². The molecule has 110 valence electrons. The fraction of sp³-hybridized carbons (Fsp3) is 0.438. The Bertz CT molecular complexity index is 645. The van der Waals surface area contributed by atoms with Gasteiger partial charge in [0.05, 0.1) is 12.0 Å². The van der Waals surface area contributed by atoms with E-state index < -0.39 is 0 Å². The fourth-order valence-electron chi connectivity index (χ4n) is 2.77. The summed E-state index contributed by atoms with van der Waals surface area (Å²) in [6.07, 6.45) is 7.39. The third-order valence-electron chi connectivity index (χ3n) is 4.15. The van der Waals surface area contributed by atoms with E-state index in [4.69, 9.17) is 0 Å². The average Bonchev–Trinajstić information content (AvgIpc) is 2.52. The van der Waals surface area contributed by atoms with Gasteiger partial charge >= 0.3 is 0 Å². The Kier molecular flexibility index (Phi) is 4.10. The van der Waals surface area contributed by atoms with Crippen LogP contribution in [0.1, 0.15) is 12.8 Å². The number of aromatic nitrogens is 3. The molecule has 0 amide bonds. The number of piperidine rings is 1. The Morgan fingerprint density at radius 1 is 1.24 bits per heavy atom. The number of hydrogen-bond donors (Lipinski definition) is 0. The summed E-state index contributed by atoms with van der Waals surface area (Å²) in [7, 11) is 2.15. The zero-order valence-corrected chi connectivity index (χ0v) is 12.3. The molecule has 1 aliphatic heterocycles. The van der Waals surface area contributed by atoms with E-state index in [0.717, 1.165) is 38.0 Å². The molecule has 0 spiro atoms. The standard InChI is InChI=1S/C16H20N4O/c1-19-8-4-13(5-9-19)11-20-12-18-15(10-16(20)21)14-2-6-17-7-3-14/h2-3,6-7,10,12-13H,4-5,8-9,11H2,1H3. The van der Waals surface area contributed by atoms with E-state index in [1.807, 2.05) is 12.1 Å². The van der Waals surface area contributed by atoms with Gasteiger partial charge in [-0.25, -0.2) is 4.98 Å². The van der Waals surface area contributed by atoms with E-state index in [2.05, 4.69) is 21.9 Å². The van der Waals surface area contributed by atoms with Crippen molar-refractivity contribution in [2.45, 2.75) is 19.4 Å². The largest absolute Gasteiger partial charge is 0.306 e. The number of hydrogen-bond acceptors (Lipinski definition) is 4. The van der Waals surface area contributed by atoms with E-state index >= 15 is 0 Å². The molecule has 2 aromatic rings. The minimum Gasteiger partial charge on any atom is -0.306 e. The first-order chi connectivity index (χ1) is 10.2. The molecule has 0 bridgehead atoms. The molecule has 5 nitrogen and oxygen atoms in total. The van der Waals surface area contributed by atoms with Gasteiger partial charge < -0.3 is 4.90 Å². The van der Waals surface area contributed by atoms with Crippen LogP contribution in [0, 0.1) is 5.92 Å². The highest BCUT2D eigenvalue weighted by Gasteiger charge is 2.17. The van der Waals surface area contributed by atoms with Crippen molar-refractivity contribution < 1.29 is 0 Å². The third-order valence-corrected chi connectivity index (χ3v) is 4.15. The zero-order valence-electron chi connectivity index (χ0n) is 12.3. The monoisotopic (exact) mass is 284 g/mol. The molecule has 3 heterocycles. The summed E-state index contributed by atoms with van der Waals surface area (Å²) in [4.78, 5) is 23.0. The van der Waals surface area contributed by atoms with Crippen molar-refractivity contribution in [2.24, 2.45) is 5.92 Å². The van der Waals surface area contributed by atoms with E-state index in [0.29, 0.717) is 11.6 Å². The molecule has 1 saturated heterocycles. The Labute approximate surface area is 124 Å². The molecule has 1 fully saturated rings. The highest BCUT2D eigenvalue weighted by molar-refractivity contribution is 5.57. The van der Waals surface area contributed by atoms with Crippen LogP contribution < -0.4 is 5.56 Å². The summed E-state index contributed by atoms with van der Waals surface area (Å²) in [6.45, 7) is 3.00. The van der Waals surface area contributed by atoms with E-state index in [1.54, 1.807) is 29.4 Å². The van der Waals surface area contributed by atoms with Gasteiger partial charge in [0.2, 0.25) is 0 Å². The molecule has 0 N–H and O–H groups in total. The van der Waals surface area contributed by atoms with Crippen molar-refractivity contribution in [1.82, 2.24) is 19.4 Å². The molecule has 0 saturated carbocycles. The van der Waals surface area contributed by atoms with Crippen molar-refractivity contribution in [2.75, 3.05) is 20.1 Å². The van der Waals surface area contributed by atoms with Crippen molar-refractivity contribution in [1.29, 1.82) is 0 Å². The molecule has 21 heavy (non-hydrogen) atoms. The number of pyridine rings is 1. The van der Waals surface area contributed by atoms with Crippen LogP contribution in [-0.2, 0) is 6.54 Å². The molecular weight excluding hydrogens is 264 g/mol. The molecule has 0 unspecified atom stereocenters.